The minimum atomic E-state index is -0.748. The van der Waals surface area contributed by atoms with Crippen LogP contribution in [0.2, 0.25) is 5.02 Å². The van der Waals surface area contributed by atoms with Crippen molar-refractivity contribution in [2.45, 2.75) is 6.54 Å². The first-order valence-corrected chi connectivity index (χ1v) is 8.08. The van der Waals surface area contributed by atoms with Crippen LogP contribution < -0.4 is 5.32 Å². The van der Waals surface area contributed by atoms with E-state index >= 15 is 0 Å². The second-order valence-electron chi connectivity index (χ2n) is 4.64. The van der Waals surface area contributed by atoms with Crippen LogP contribution in [0, 0.1) is 3.57 Å². The molecule has 120 valence electrons. The molecule has 5 nitrogen and oxygen atoms in total. The molecule has 0 atom stereocenters. The van der Waals surface area contributed by atoms with E-state index in [1.807, 2.05) is 22.6 Å². The van der Waals surface area contributed by atoms with Gasteiger partial charge in [0.15, 0.2) is 6.61 Å². The van der Waals surface area contributed by atoms with E-state index in [1.165, 1.54) is 12.1 Å². The number of esters is 1. The summed E-state index contributed by atoms with van der Waals surface area (Å²) < 4.78 is 5.68. The van der Waals surface area contributed by atoms with Crippen molar-refractivity contribution < 1.29 is 19.4 Å². The highest BCUT2D eigenvalue weighted by Gasteiger charge is 2.14. The van der Waals surface area contributed by atoms with Crippen LogP contribution in [-0.4, -0.2) is 23.6 Å². The fraction of sp³-hybridized carbons (Fsp3) is 0.125. The van der Waals surface area contributed by atoms with Crippen molar-refractivity contribution in [3.8, 4) is 5.75 Å². The van der Waals surface area contributed by atoms with E-state index in [-0.39, 0.29) is 11.3 Å². The molecule has 0 aliphatic heterocycles. The number of hydrogen-bond acceptors (Lipinski definition) is 4. The lowest BCUT2D eigenvalue weighted by molar-refractivity contribution is -0.124. The molecule has 0 saturated carbocycles. The number of amides is 1. The van der Waals surface area contributed by atoms with E-state index in [4.69, 9.17) is 16.3 Å². The van der Waals surface area contributed by atoms with Gasteiger partial charge in [0.1, 0.15) is 11.3 Å². The van der Waals surface area contributed by atoms with Gasteiger partial charge in [-0.15, -0.1) is 0 Å². The molecule has 0 aromatic heterocycles. The fourth-order valence-corrected chi connectivity index (χ4v) is 2.35. The number of carbonyl (C=O) groups is 2. The Morgan fingerprint density at radius 2 is 1.87 bits per heavy atom. The molecule has 23 heavy (non-hydrogen) atoms. The third kappa shape index (κ3) is 5.40. The standard InChI is InChI=1S/C16H13ClINO4/c17-11-3-1-10(2-4-11)8-19-15(21)9-23-16(22)13-7-12(18)5-6-14(13)20/h1-7,20H,8-9H2,(H,19,21). The maximum absolute atomic E-state index is 11.9. The number of nitrogens with one attached hydrogen (secondary N) is 1. The third-order valence-corrected chi connectivity index (χ3v) is 3.84. The summed E-state index contributed by atoms with van der Waals surface area (Å²) in [6.45, 7) is -0.112. The first-order chi connectivity index (χ1) is 11.0. The number of phenols is 1. The predicted molar refractivity (Wildman–Crippen MR) is 94.4 cm³/mol. The van der Waals surface area contributed by atoms with Gasteiger partial charge in [-0.2, -0.15) is 0 Å². The van der Waals surface area contributed by atoms with E-state index < -0.39 is 18.5 Å². The first-order valence-electron chi connectivity index (χ1n) is 6.62. The number of carbonyl (C=O) groups excluding carboxylic acids is 2. The Labute approximate surface area is 151 Å². The van der Waals surface area contributed by atoms with E-state index in [0.717, 1.165) is 9.13 Å². The molecule has 2 N–H and O–H groups in total. The SMILES string of the molecule is O=C(COC(=O)c1cc(I)ccc1O)NCc1ccc(Cl)cc1. The molecule has 0 unspecified atom stereocenters. The molecule has 1 amide bonds. The van der Waals surface area contributed by atoms with Gasteiger partial charge < -0.3 is 15.2 Å². The minimum absolute atomic E-state index is 0.0300. The Morgan fingerprint density at radius 3 is 2.57 bits per heavy atom. The average molecular weight is 446 g/mol. The monoisotopic (exact) mass is 445 g/mol. The lowest BCUT2D eigenvalue weighted by atomic mass is 10.2. The number of phenolic OH excluding ortho intramolecular Hbond substituents is 1. The molecule has 2 rings (SSSR count). The van der Waals surface area contributed by atoms with Crippen LogP contribution in [0.25, 0.3) is 0 Å². The van der Waals surface area contributed by atoms with Crippen molar-refractivity contribution in [2.24, 2.45) is 0 Å². The van der Waals surface area contributed by atoms with Gasteiger partial charge in [-0.3, -0.25) is 4.79 Å². The molecule has 2 aromatic carbocycles. The van der Waals surface area contributed by atoms with Crippen LogP contribution in [0.15, 0.2) is 42.5 Å². The van der Waals surface area contributed by atoms with Gasteiger partial charge in [0.2, 0.25) is 0 Å². The smallest absolute Gasteiger partial charge is 0.342 e. The third-order valence-electron chi connectivity index (χ3n) is 2.92. The second-order valence-corrected chi connectivity index (χ2v) is 6.32. The zero-order valence-corrected chi connectivity index (χ0v) is 14.8. The van der Waals surface area contributed by atoms with Gasteiger partial charge in [0, 0.05) is 15.1 Å². The molecule has 0 aliphatic carbocycles. The molecule has 0 fully saturated rings. The Balaban J connectivity index is 1.83. The largest absolute Gasteiger partial charge is 0.507 e. The molecule has 2 aromatic rings. The summed E-state index contributed by atoms with van der Waals surface area (Å²) in [5, 5.41) is 12.9. The lowest BCUT2D eigenvalue weighted by Crippen LogP contribution is -2.28. The first kappa shape index (κ1) is 17.6. The molecular formula is C16H13ClINO4. The fourth-order valence-electron chi connectivity index (χ4n) is 1.73. The van der Waals surface area contributed by atoms with Gasteiger partial charge in [-0.1, -0.05) is 23.7 Å². The molecule has 0 bridgehead atoms. The lowest BCUT2D eigenvalue weighted by Gasteiger charge is -2.08. The normalized spacial score (nSPS) is 10.2. The number of hydrogen-bond donors (Lipinski definition) is 2. The van der Waals surface area contributed by atoms with Crippen LogP contribution in [-0.2, 0) is 16.1 Å². The van der Waals surface area contributed by atoms with Crippen molar-refractivity contribution in [3.63, 3.8) is 0 Å². The Hall–Kier alpha value is -1.80. The van der Waals surface area contributed by atoms with Crippen LogP contribution in [0.1, 0.15) is 15.9 Å². The predicted octanol–water partition coefficient (Wildman–Crippen LogP) is 3.12. The maximum atomic E-state index is 11.9. The van der Waals surface area contributed by atoms with Crippen molar-refractivity contribution in [1.29, 1.82) is 0 Å². The van der Waals surface area contributed by atoms with Crippen molar-refractivity contribution >= 4 is 46.1 Å². The van der Waals surface area contributed by atoms with Crippen molar-refractivity contribution in [2.75, 3.05) is 6.61 Å². The summed E-state index contributed by atoms with van der Waals surface area (Å²) in [5.41, 5.74) is 0.909. The molecule has 0 heterocycles. The summed E-state index contributed by atoms with van der Waals surface area (Å²) in [6.07, 6.45) is 0. The Morgan fingerprint density at radius 1 is 1.17 bits per heavy atom. The number of aromatic hydroxyl groups is 1. The number of rotatable bonds is 5. The van der Waals surface area contributed by atoms with Crippen LogP contribution in [0.5, 0.6) is 5.75 Å². The van der Waals surface area contributed by atoms with Gasteiger partial charge in [0.25, 0.3) is 5.91 Å². The molecule has 0 aliphatic rings. The summed E-state index contributed by atoms with van der Waals surface area (Å²) in [7, 11) is 0. The highest BCUT2D eigenvalue weighted by molar-refractivity contribution is 14.1. The summed E-state index contributed by atoms with van der Waals surface area (Å²) in [4.78, 5) is 23.5. The van der Waals surface area contributed by atoms with E-state index in [2.05, 4.69) is 5.32 Å². The Bertz CT molecular complexity index is 719. The topological polar surface area (TPSA) is 75.6 Å². The van der Waals surface area contributed by atoms with Gasteiger partial charge in [-0.25, -0.2) is 4.79 Å². The second kappa shape index (κ2) is 8.16. The average Bonchev–Trinajstić information content (AvgIpc) is 2.54. The van der Waals surface area contributed by atoms with Gasteiger partial charge in [0.05, 0.1) is 0 Å². The molecule has 7 heteroatoms. The quantitative estimate of drug-likeness (QED) is 0.548. The van der Waals surface area contributed by atoms with Crippen molar-refractivity contribution in [1.82, 2.24) is 5.32 Å². The van der Waals surface area contributed by atoms with E-state index in [9.17, 15) is 14.7 Å². The van der Waals surface area contributed by atoms with Crippen molar-refractivity contribution in [3.05, 3.63) is 62.2 Å². The zero-order valence-electron chi connectivity index (χ0n) is 11.9. The van der Waals surface area contributed by atoms with Crippen LogP contribution in [0.4, 0.5) is 0 Å². The van der Waals surface area contributed by atoms with E-state index in [1.54, 1.807) is 30.3 Å². The molecule has 0 spiro atoms. The summed E-state index contributed by atoms with van der Waals surface area (Å²) >= 11 is 7.79. The molecular weight excluding hydrogens is 433 g/mol. The van der Waals surface area contributed by atoms with Gasteiger partial charge >= 0.3 is 5.97 Å². The number of benzene rings is 2. The number of ether oxygens (including phenoxy) is 1. The maximum Gasteiger partial charge on any atom is 0.342 e. The summed E-state index contributed by atoms with van der Waals surface area (Å²) in [6, 6.07) is 11.6. The van der Waals surface area contributed by atoms with E-state index in [0.29, 0.717) is 11.6 Å². The summed E-state index contributed by atoms with van der Waals surface area (Å²) in [5.74, 6) is -1.36. The highest BCUT2D eigenvalue weighted by atomic mass is 127. The highest BCUT2D eigenvalue weighted by Crippen LogP contribution is 2.20. The number of halogens is 2. The molecule has 0 saturated heterocycles. The Kier molecular flexibility index (Phi) is 6.23. The van der Waals surface area contributed by atoms with Crippen LogP contribution in [0.3, 0.4) is 0 Å². The van der Waals surface area contributed by atoms with Crippen LogP contribution >= 0.6 is 34.2 Å². The van der Waals surface area contributed by atoms with Gasteiger partial charge in [-0.05, 0) is 58.5 Å². The minimum Gasteiger partial charge on any atom is -0.507 e. The molecule has 0 radical (unpaired) electrons. The zero-order chi connectivity index (χ0) is 16.8.